The fourth-order valence-corrected chi connectivity index (χ4v) is 9.35. The molecular formula is C19H18ClO4P. The minimum atomic E-state index is -4.66. The van der Waals surface area contributed by atoms with E-state index in [1.807, 2.05) is 54.6 Å². The van der Waals surface area contributed by atoms with Crippen molar-refractivity contribution in [2.45, 2.75) is 0 Å². The molecule has 0 radical (unpaired) electrons. The third-order valence-corrected chi connectivity index (χ3v) is 11.1. The van der Waals surface area contributed by atoms with Crippen molar-refractivity contribution >= 4 is 22.7 Å². The fraction of sp³-hybridized carbons (Fsp3) is 0.0526. The van der Waals surface area contributed by atoms with Gasteiger partial charge in [0.1, 0.15) is 0 Å². The van der Waals surface area contributed by atoms with E-state index < -0.39 is 17.1 Å². The van der Waals surface area contributed by atoms with Crippen molar-refractivity contribution < 1.29 is 28.3 Å². The summed E-state index contributed by atoms with van der Waals surface area (Å²) in [6, 6.07) is 27.2. The zero-order valence-corrected chi connectivity index (χ0v) is 15.3. The molecule has 4 nitrogen and oxygen atoms in total. The summed E-state index contributed by atoms with van der Waals surface area (Å²) in [7, 11) is -4.66. The van der Waals surface area contributed by atoms with Gasteiger partial charge in [-0.2, -0.15) is 0 Å². The van der Waals surface area contributed by atoms with Crippen LogP contribution in [0.3, 0.4) is 0 Å². The first-order valence-corrected chi connectivity index (χ1v) is 11.5. The molecule has 0 N–H and O–H groups in total. The number of rotatable bonds is 5. The molecule has 3 rings (SSSR count). The van der Waals surface area contributed by atoms with E-state index in [4.69, 9.17) is 4.08 Å². The molecule has 0 aliphatic carbocycles. The van der Waals surface area contributed by atoms with Gasteiger partial charge in [-0.1, -0.05) is 0 Å². The maximum absolute atomic E-state index is 11.8. The normalized spacial score (nSPS) is 13.8. The Kier molecular flexibility index (Phi) is 4.69. The van der Waals surface area contributed by atoms with Crippen LogP contribution in [-0.4, -0.2) is 6.66 Å². The summed E-state index contributed by atoms with van der Waals surface area (Å²) in [6.45, 7) is -2.24. The number of benzene rings is 3. The van der Waals surface area contributed by atoms with Gasteiger partial charge in [0.2, 0.25) is 0 Å². The molecule has 0 heterocycles. The zero-order chi connectivity index (χ0) is 18.0. The molecule has 3 aromatic carbocycles. The average molecular weight is 377 g/mol. The van der Waals surface area contributed by atoms with Crippen LogP contribution in [0.25, 0.3) is 0 Å². The van der Waals surface area contributed by atoms with E-state index in [1.54, 1.807) is 43.1 Å². The Hall–Kier alpha value is -1.78. The van der Waals surface area contributed by atoms with E-state index in [1.165, 1.54) is 0 Å². The Morgan fingerprint density at radius 2 is 0.880 bits per heavy atom. The zero-order valence-electron chi connectivity index (χ0n) is 13.6. The molecular weight excluding hydrogens is 359 g/mol. The van der Waals surface area contributed by atoms with Crippen LogP contribution < -0.4 is 29.9 Å². The predicted octanol–water partition coefficient (Wildman–Crippen LogP) is -0.0251. The summed E-state index contributed by atoms with van der Waals surface area (Å²) in [4.78, 5) is 0. The van der Waals surface area contributed by atoms with Gasteiger partial charge in [-0.3, -0.25) is 0 Å². The van der Waals surface area contributed by atoms with E-state index in [0.717, 1.165) is 0 Å². The van der Waals surface area contributed by atoms with Gasteiger partial charge in [0.25, 0.3) is 0 Å². The van der Waals surface area contributed by atoms with Crippen LogP contribution in [0.2, 0.25) is 0 Å². The van der Waals surface area contributed by atoms with Crippen molar-refractivity contribution in [3.05, 3.63) is 91.0 Å². The van der Waals surface area contributed by atoms with Gasteiger partial charge in [0, 0.05) is 0 Å². The van der Waals surface area contributed by atoms with Crippen LogP contribution in [0.4, 0.5) is 0 Å². The molecule has 0 aromatic heterocycles. The van der Waals surface area contributed by atoms with E-state index in [0.29, 0.717) is 15.9 Å². The molecule has 0 spiro atoms. The number of hydrogen-bond donors (Lipinski definition) is 0. The number of hydrogen-bond acceptors (Lipinski definition) is 4. The summed E-state index contributed by atoms with van der Waals surface area (Å²) in [6.07, 6.45) is 0. The van der Waals surface area contributed by atoms with Gasteiger partial charge >= 0.3 is 149 Å². The molecule has 0 bridgehead atoms. The van der Waals surface area contributed by atoms with Gasteiger partial charge in [0.05, 0.1) is 0 Å². The monoisotopic (exact) mass is 376 g/mol. The second-order valence-corrected chi connectivity index (χ2v) is 11.7. The molecule has 0 fully saturated rings. The first kappa shape index (κ1) is 18.0. The quantitative estimate of drug-likeness (QED) is 0.586. The SMILES string of the molecule is CP(O[Cl+3]([O-])([O-])[O-])(c1ccccc1)(c1ccccc1)c1ccccc1. The Bertz CT molecular complexity index is 736. The van der Waals surface area contributed by atoms with Crippen molar-refractivity contribution in [3.8, 4) is 0 Å². The third kappa shape index (κ3) is 3.21. The molecule has 0 aliphatic rings. The maximum atomic E-state index is 11.8. The third-order valence-electron chi connectivity index (χ3n) is 4.39. The Morgan fingerprint density at radius 3 is 1.12 bits per heavy atom. The molecule has 0 amide bonds. The molecule has 130 valence electrons. The molecule has 0 saturated heterocycles. The summed E-state index contributed by atoms with van der Waals surface area (Å²) >= 11 is 0. The van der Waals surface area contributed by atoms with Crippen molar-refractivity contribution in [2.75, 3.05) is 6.66 Å². The topological polar surface area (TPSA) is 78.4 Å². The van der Waals surface area contributed by atoms with Crippen LogP contribution in [0.1, 0.15) is 0 Å². The Balaban J connectivity index is 2.45. The molecule has 25 heavy (non-hydrogen) atoms. The summed E-state index contributed by atoms with van der Waals surface area (Å²) in [5.74, 6) is 0. The molecule has 0 saturated carbocycles. The first-order valence-electron chi connectivity index (χ1n) is 7.65. The van der Waals surface area contributed by atoms with Crippen LogP contribution in [0.15, 0.2) is 91.0 Å². The van der Waals surface area contributed by atoms with E-state index in [9.17, 15) is 14.0 Å². The van der Waals surface area contributed by atoms with Crippen molar-refractivity contribution in [1.29, 1.82) is 0 Å². The first-order chi connectivity index (χ1) is 11.8. The average Bonchev–Trinajstić information content (AvgIpc) is 2.63. The number of halogens is 1. The summed E-state index contributed by atoms with van der Waals surface area (Å²) in [5.41, 5.74) is 0. The second-order valence-electron chi connectivity index (χ2n) is 5.92. The predicted molar refractivity (Wildman–Crippen MR) is 92.2 cm³/mol. The Labute approximate surface area is 149 Å². The standard InChI is InChI=1S/C19H18ClO4P/c1-25(24-20(21,22)23,17-11-5-2-6-12-17,18-13-7-3-8-14-18)19-15-9-4-10-16-19/h2-16H,1H3. The van der Waals surface area contributed by atoms with Crippen molar-refractivity contribution in [3.63, 3.8) is 0 Å². The van der Waals surface area contributed by atoms with Gasteiger partial charge in [-0.05, 0) is 0 Å². The molecule has 6 heteroatoms. The minimum absolute atomic E-state index is 0.665. The van der Waals surface area contributed by atoms with Gasteiger partial charge in [0.15, 0.2) is 0 Å². The van der Waals surface area contributed by atoms with Gasteiger partial charge < -0.3 is 0 Å². The van der Waals surface area contributed by atoms with Crippen LogP contribution >= 0.6 is 6.83 Å². The second kappa shape index (κ2) is 6.50. The van der Waals surface area contributed by atoms with Crippen LogP contribution in [-0.2, 0) is 4.08 Å². The fourth-order valence-electron chi connectivity index (χ4n) is 3.14. The Morgan fingerprint density at radius 1 is 0.600 bits per heavy atom. The summed E-state index contributed by atoms with van der Waals surface area (Å²) < 4.78 is 40.9. The molecule has 0 unspecified atom stereocenters. The summed E-state index contributed by atoms with van der Waals surface area (Å²) in [5, 5.41) is 1.99. The van der Waals surface area contributed by atoms with E-state index >= 15 is 0 Å². The van der Waals surface area contributed by atoms with E-state index in [-0.39, 0.29) is 0 Å². The van der Waals surface area contributed by atoms with E-state index in [2.05, 4.69) is 0 Å². The molecule has 3 aromatic rings. The van der Waals surface area contributed by atoms with Crippen molar-refractivity contribution in [2.24, 2.45) is 0 Å². The molecule has 0 atom stereocenters. The van der Waals surface area contributed by atoms with Crippen molar-refractivity contribution in [1.82, 2.24) is 0 Å². The van der Waals surface area contributed by atoms with Gasteiger partial charge in [-0.15, -0.1) is 0 Å². The van der Waals surface area contributed by atoms with Gasteiger partial charge in [-0.25, -0.2) is 0 Å². The van der Waals surface area contributed by atoms with Crippen LogP contribution in [0.5, 0.6) is 0 Å². The van der Waals surface area contributed by atoms with Crippen LogP contribution in [0, 0.1) is 10.2 Å². The molecule has 0 aliphatic heterocycles.